The molecule has 0 bridgehead atoms. The van der Waals surface area contributed by atoms with Crippen LogP contribution in [0.1, 0.15) is 15.9 Å². The number of nitrogens with two attached hydrogens (primary N) is 1. The molecule has 2 amide bonds. The molecule has 0 radical (unpaired) electrons. The Morgan fingerprint density at radius 2 is 1.90 bits per heavy atom. The molecule has 156 valence electrons. The van der Waals surface area contributed by atoms with Crippen molar-refractivity contribution in [2.45, 2.75) is 13.5 Å². The number of aromatic nitrogens is 5. The van der Waals surface area contributed by atoms with Crippen molar-refractivity contribution in [3.05, 3.63) is 60.0 Å². The van der Waals surface area contributed by atoms with Gasteiger partial charge in [-0.1, -0.05) is 12.1 Å². The maximum absolute atomic E-state index is 12.5. The van der Waals surface area contributed by atoms with Crippen LogP contribution >= 0.6 is 0 Å². The average Bonchev–Trinajstić information content (AvgIpc) is 3.13. The molecule has 3 heterocycles. The molecule has 5 N–H and O–H groups in total. The number of carbonyl (C=O) groups is 2. The van der Waals surface area contributed by atoms with E-state index in [2.05, 4.69) is 25.4 Å². The zero-order valence-electron chi connectivity index (χ0n) is 16.4. The van der Waals surface area contributed by atoms with Crippen molar-refractivity contribution >= 4 is 34.5 Å². The number of hydrogen-bond donors (Lipinski definition) is 4. The number of pyridine rings is 1. The van der Waals surface area contributed by atoms with Gasteiger partial charge >= 0.3 is 0 Å². The summed E-state index contributed by atoms with van der Waals surface area (Å²) in [7, 11) is 0. The van der Waals surface area contributed by atoms with Crippen LogP contribution in [0, 0.1) is 6.92 Å². The summed E-state index contributed by atoms with van der Waals surface area (Å²) >= 11 is 0. The van der Waals surface area contributed by atoms with Gasteiger partial charge in [-0.3, -0.25) is 14.8 Å². The average molecular weight is 418 g/mol. The zero-order chi connectivity index (χ0) is 22.0. The molecule has 0 saturated carbocycles. The first kappa shape index (κ1) is 19.9. The largest absolute Gasteiger partial charge is 0.383 e. The van der Waals surface area contributed by atoms with E-state index in [4.69, 9.17) is 10.9 Å². The molecule has 31 heavy (non-hydrogen) atoms. The van der Waals surface area contributed by atoms with Gasteiger partial charge in [0.1, 0.15) is 30.2 Å². The molecular weight excluding hydrogens is 400 g/mol. The standard InChI is InChI=1S/C20H18N8O3/c1-11-6-7-22-14(8-11)25-20(30)13-4-2-12(3-5-13)17-16-18(21)23-10-24-19(16)28(26-17)9-15(29)27-31/h2-8,10,31H,9H2,1H3,(H,27,29)(H2,21,23,24)(H,22,25,30). The Bertz CT molecular complexity index is 1280. The van der Waals surface area contributed by atoms with Crippen LogP contribution in [0.15, 0.2) is 48.9 Å². The van der Waals surface area contributed by atoms with E-state index in [1.165, 1.54) is 11.0 Å². The Balaban J connectivity index is 1.66. The molecule has 11 nitrogen and oxygen atoms in total. The van der Waals surface area contributed by atoms with Crippen molar-refractivity contribution in [1.82, 2.24) is 30.2 Å². The van der Waals surface area contributed by atoms with Gasteiger partial charge < -0.3 is 11.1 Å². The minimum atomic E-state index is -0.662. The molecule has 4 rings (SSSR count). The smallest absolute Gasteiger partial charge is 0.265 e. The quantitative estimate of drug-likeness (QED) is 0.280. The van der Waals surface area contributed by atoms with E-state index in [0.717, 1.165) is 5.56 Å². The summed E-state index contributed by atoms with van der Waals surface area (Å²) in [6, 6.07) is 10.3. The van der Waals surface area contributed by atoms with Crippen molar-refractivity contribution in [1.29, 1.82) is 0 Å². The van der Waals surface area contributed by atoms with E-state index in [9.17, 15) is 9.59 Å². The van der Waals surface area contributed by atoms with Crippen LogP contribution in [-0.2, 0) is 11.3 Å². The highest BCUT2D eigenvalue weighted by Gasteiger charge is 2.19. The summed E-state index contributed by atoms with van der Waals surface area (Å²) in [5, 5.41) is 16.4. The maximum atomic E-state index is 12.5. The Morgan fingerprint density at radius 1 is 1.13 bits per heavy atom. The fourth-order valence-corrected chi connectivity index (χ4v) is 3.09. The summed E-state index contributed by atoms with van der Waals surface area (Å²) in [6.45, 7) is 1.66. The highest BCUT2D eigenvalue weighted by molar-refractivity contribution is 6.04. The Labute approximate surface area is 175 Å². The predicted octanol–water partition coefficient (Wildman–Crippen LogP) is 1.54. The van der Waals surface area contributed by atoms with Gasteiger partial charge in [0.15, 0.2) is 5.65 Å². The van der Waals surface area contributed by atoms with E-state index in [-0.39, 0.29) is 18.3 Å². The van der Waals surface area contributed by atoms with Crippen LogP contribution in [0.2, 0.25) is 0 Å². The van der Waals surface area contributed by atoms with Crippen LogP contribution < -0.4 is 16.5 Å². The number of hydrogen-bond acceptors (Lipinski definition) is 8. The number of nitrogens with one attached hydrogen (secondary N) is 2. The Hall–Kier alpha value is -4.38. The fraction of sp³-hybridized carbons (Fsp3) is 0.100. The van der Waals surface area contributed by atoms with E-state index in [1.54, 1.807) is 42.0 Å². The molecule has 0 aliphatic heterocycles. The lowest BCUT2D eigenvalue weighted by atomic mass is 10.1. The summed E-state index contributed by atoms with van der Waals surface area (Å²) in [6.07, 6.45) is 2.89. The first-order valence-corrected chi connectivity index (χ1v) is 9.20. The lowest BCUT2D eigenvalue weighted by Gasteiger charge is -2.06. The van der Waals surface area contributed by atoms with E-state index < -0.39 is 5.91 Å². The van der Waals surface area contributed by atoms with Gasteiger partial charge in [0.2, 0.25) is 0 Å². The zero-order valence-corrected chi connectivity index (χ0v) is 16.4. The van der Waals surface area contributed by atoms with Crippen LogP contribution in [-0.4, -0.2) is 41.8 Å². The van der Waals surface area contributed by atoms with Gasteiger partial charge in [-0.25, -0.2) is 25.1 Å². The van der Waals surface area contributed by atoms with Crippen molar-refractivity contribution < 1.29 is 14.8 Å². The maximum Gasteiger partial charge on any atom is 0.265 e. The minimum absolute atomic E-state index is 0.197. The van der Waals surface area contributed by atoms with Gasteiger partial charge in [0, 0.05) is 17.3 Å². The third-order valence-electron chi connectivity index (χ3n) is 4.55. The van der Waals surface area contributed by atoms with E-state index in [1.807, 2.05) is 13.0 Å². The van der Waals surface area contributed by atoms with Crippen molar-refractivity contribution in [3.8, 4) is 11.3 Å². The molecule has 0 aliphatic rings. The molecule has 1 aromatic carbocycles. The van der Waals surface area contributed by atoms with Crippen LogP contribution in [0.5, 0.6) is 0 Å². The molecule has 0 spiro atoms. The third-order valence-corrected chi connectivity index (χ3v) is 4.55. The van der Waals surface area contributed by atoms with Crippen LogP contribution in [0.4, 0.5) is 11.6 Å². The molecule has 0 aliphatic carbocycles. The molecule has 3 aromatic heterocycles. The molecule has 0 unspecified atom stereocenters. The lowest BCUT2D eigenvalue weighted by Crippen LogP contribution is -2.24. The highest BCUT2D eigenvalue weighted by Crippen LogP contribution is 2.30. The van der Waals surface area contributed by atoms with Gasteiger partial charge in [0.05, 0.1) is 5.39 Å². The van der Waals surface area contributed by atoms with Crippen molar-refractivity contribution in [2.75, 3.05) is 11.1 Å². The highest BCUT2D eigenvalue weighted by atomic mass is 16.5. The van der Waals surface area contributed by atoms with Crippen LogP contribution in [0.25, 0.3) is 22.3 Å². The number of rotatable bonds is 5. The molecular formula is C20H18N8O3. The monoisotopic (exact) mass is 418 g/mol. The van der Waals surface area contributed by atoms with E-state index >= 15 is 0 Å². The molecule has 4 aromatic rings. The summed E-state index contributed by atoms with van der Waals surface area (Å²) < 4.78 is 1.32. The molecule has 0 atom stereocenters. The number of hydroxylamine groups is 1. The number of fused-ring (bicyclic) bond motifs is 1. The lowest BCUT2D eigenvalue weighted by molar-refractivity contribution is -0.129. The number of anilines is 2. The second-order valence-corrected chi connectivity index (χ2v) is 6.75. The van der Waals surface area contributed by atoms with Gasteiger partial charge in [-0.05, 0) is 36.8 Å². The van der Waals surface area contributed by atoms with Crippen molar-refractivity contribution in [3.63, 3.8) is 0 Å². The van der Waals surface area contributed by atoms with Gasteiger partial charge in [-0.15, -0.1) is 0 Å². The third kappa shape index (κ3) is 4.02. The minimum Gasteiger partial charge on any atom is -0.383 e. The number of nitrogen functional groups attached to an aromatic ring is 1. The second kappa shape index (κ2) is 8.16. The first-order valence-electron chi connectivity index (χ1n) is 9.20. The number of aryl methyl sites for hydroxylation is 1. The number of nitrogens with zero attached hydrogens (tertiary/aromatic N) is 5. The topological polar surface area (TPSA) is 161 Å². The second-order valence-electron chi connectivity index (χ2n) is 6.75. The van der Waals surface area contributed by atoms with Crippen LogP contribution in [0.3, 0.4) is 0 Å². The van der Waals surface area contributed by atoms with E-state index in [0.29, 0.717) is 33.7 Å². The number of amides is 2. The van der Waals surface area contributed by atoms with Gasteiger partial charge in [0.25, 0.3) is 11.8 Å². The molecule has 11 heteroatoms. The summed E-state index contributed by atoms with van der Waals surface area (Å²) in [5.41, 5.74) is 10.4. The molecule has 0 fully saturated rings. The van der Waals surface area contributed by atoms with Crippen molar-refractivity contribution in [2.24, 2.45) is 0 Å². The number of benzene rings is 1. The predicted molar refractivity (Wildman–Crippen MR) is 112 cm³/mol. The normalized spacial score (nSPS) is 10.8. The fourth-order valence-electron chi connectivity index (χ4n) is 3.09. The van der Waals surface area contributed by atoms with Gasteiger partial charge in [-0.2, -0.15) is 5.10 Å². The Morgan fingerprint density at radius 3 is 2.61 bits per heavy atom. The SMILES string of the molecule is Cc1ccnc(NC(=O)c2ccc(-c3nn(CC(=O)NO)c4ncnc(N)c34)cc2)c1. The summed E-state index contributed by atoms with van der Waals surface area (Å²) in [4.78, 5) is 36.4. The number of carbonyl (C=O) groups excluding carboxylic acids is 2. The summed E-state index contributed by atoms with van der Waals surface area (Å²) in [5.74, 6) is -0.304. The Kier molecular flexibility index (Phi) is 5.24. The first-order chi connectivity index (χ1) is 15.0. The molecule has 0 saturated heterocycles.